The van der Waals surface area contributed by atoms with Gasteiger partial charge in [0, 0.05) is 5.69 Å². The molecular weight excluding hydrogens is 428 g/mol. The second-order valence-corrected chi connectivity index (χ2v) is 9.62. The quantitative estimate of drug-likeness (QED) is 0.493. The first-order chi connectivity index (χ1) is 16.1. The summed E-state index contributed by atoms with van der Waals surface area (Å²) in [5.41, 5.74) is 3.01. The Bertz CT molecular complexity index is 1400. The van der Waals surface area contributed by atoms with E-state index in [-0.39, 0.29) is 17.1 Å². The maximum atomic E-state index is 14.1. The van der Waals surface area contributed by atoms with Crippen LogP contribution in [0.2, 0.25) is 0 Å². The minimum atomic E-state index is -1.06. The summed E-state index contributed by atoms with van der Waals surface area (Å²) in [4.78, 5) is 30.8. The topological polar surface area (TPSA) is 71.2 Å². The van der Waals surface area contributed by atoms with Crippen molar-refractivity contribution in [1.82, 2.24) is 0 Å². The van der Waals surface area contributed by atoms with Gasteiger partial charge in [0.15, 0.2) is 5.69 Å². The molecule has 5 rings (SSSR count). The number of aryl methyl sites for hydroxylation is 1. The lowest BCUT2D eigenvalue weighted by molar-refractivity contribution is -0.120. The van der Waals surface area contributed by atoms with Gasteiger partial charge >= 0.3 is 5.97 Å². The molecule has 1 atom stereocenters. The van der Waals surface area contributed by atoms with E-state index in [2.05, 4.69) is 18.7 Å². The molecular formula is C28H24N2O4. The van der Waals surface area contributed by atoms with Crippen molar-refractivity contribution in [2.75, 3.05) is 4.90 Å². The van der Waals surface area contributed by atoms with Gasteiger partial charge in [-0.25, -0.2) is 9.64 Å². The lowest BCUT2D eigenvalue weighted by atomic mass is 9.76. The maximum Gasteiger partial charge on any atom is 0.335 e. The molecule has 0 aliphatic carbocycles. The zero-order valence-corrected chi connectivity index (χ0v) is 19.3. The molecule has 1 N–H and O–H groups in total. The van der Waals surface area contributed by atoms with Gasteiger partial charge in [0.05, 0.1) is 23.2 Å². The molecule has 170 valence electrons. The molecule has 0 fully saturated rings. The molecule has 0 radical (unpaired) electrons. The molecule has 0 spiro atoms. The molecule has 2 aliphatic rings. The Morgan fingerprint density at radius 2 is 1.88 bits per heavy atom. The predicted molar refractivity (Wildman–Crippen MR) is 129 cm³/mol. The summed E-state index contributed by atoms with van der Waals surface area (Å²) in [7, 11) is 0. The van der Waals surface area contributed by atoms with Gasteiger partial charge in [0.25, 0.3) is 0 Å². The first-order valence-electron chi connectivity index (χ1n) is 11.2. The summed E-state index contributed by atoms with van der Waals surface area (Å²) in [6.45, 7) is 13.5. The number of carbonyl (C=O) groups excluding carboxylic acids is 1. The zero-order chi connectivity index (χ0) is 24.3. The molecule has 3 aromatic rings. The summed E-state index contributed by atoms with van der Waals surface area (Å²) in [5, 5.41) is 9.46. The summed E-state index contributed by atoms with van der Waals surface area (Å²) in [5.74, 6) is -0.420. The van der Waals surface area contributed by atoms with Gasteiger partial charge in [-0.2, -0.15) is 0 Å². The number of amides is 1. The van der Waals surface area contributed by atoms with E-state index in [1.54, 1.807) is 35.2 Å². The van der Waals surface area contributed by atoms with E-state index in [1.165, 1.54) is 12.1 Å². The Kier molecular flexibility index (Phi) is 4.76. The predicted octanol–water partition coefficient (Wildman–Crippen LogP) is 6.02. The number of nitrogens with zero attached hydrogens (tertiary/aromatic N) is 2. The van der Waals surface area contributed by atoms with Crippen LogP contribution in [0.25, 0.3) is 4.85 Å². The molecule has 2 aliphatic heterocycles. The second-order valence-electron chi connectivity index (χ2n) is 9.62. The van der Waals surface area contributed by atoms with Crippen molar-refractivity contribution in [2.24, 2.45) is 0 Å². The van der Waals surface area contributed by atoms with Gasteiger partial charge in [0.2, 0.25) is 5.91 Å². The number of fused-ring (bicyclic) bond motifs is 2. The van der Waals surface area contributed by atoms with E-state index in [9.17, 15) is 14.7 Å². The average molecular weight is 453 g/mol. The molecule has 3 aromatic carbocycles. The van der Waals surface area contributed by atoms with Crippen LogP contribution < -0.4 is 9.64 Å². The second kappa shape index (κ2) is 7.46. The number of aromatic carboxylic acids is 1. The lowest BCUT2D eigenvalue weighted by Gasteiger charge is -2.34. The summed E-state index contributed by atoms with van der Waals surface area (Å²) < 4.78 is 6.14. The zero-order valence-electron chi connectivity index (χ0n) is 19.3. The fourth-order valence-electron chi connectivity index (χ4n) is 4.92. The number of anilines is 2. The van der Waals surface area contributed by atoms with Gasteiger partial charge in [0.1, 0.15) is 11.4 Å². The van der Waals surface area contributed by atoms with Gasteiger partial charge in [-0.3, -0.25) is 9.69 Å². The Hall–Kier alpha value is -4.11. The summed E-state index contributed by atoms with van der Waals surface area (Å²) >= 11 is 0. The molecule has 6 heteroatoms. The summed E-state index contributed by atoms with van der Waals surface area (Å²) in [6.07, 6.45) is 1.72. The van der Waals surface area contributed by atoms with Crippen LogP contribution in [0, 0.1) is 6.57 Å². The fourth-order valence-corrected chi connectivity index (χ4v) is 4.92. The van der Waals surface area contributed by atoms with Crippen LogP contribution in [-0.4, -0.2) is 22.6 Å². The Morgan fingerprint density at radius 3 is 2.62 bits per heavy atom. The highest BCUT2D eigenvalue weighted by Gasteiger charge is 2.49. The van der Waals surface area contributed by atoms with Crippen molar-refractivity contribution in [1.29, 1.82) is 0 Å². The number of hydrogen-bond donors (Lipinski definition) is 1. The van der Waals surface area contributed by atoms with E-state index in [1.807, 2.05) is 25.1 Å². The van der Waals surface area contributed by atoms with Crippen molar-refractivity contribution in [3.8, 4) is 5.75 Å². The van der Waals surface area contributed by atoms with Crippen molar-refractivity contribution in [3.05, 3.63) is 94.3 Å². The summed E-state index contributed by atoms with van der Waals surface area (Å²) in [6, 6.07) is 17.5. The minimum absolute atomic E-state index is 0.103. The highest BCUT2D eigenvalue weighted by atomic mass is 16.5. The van der Waals surface area contributed by atoms with Crippen molar-refractivity contribution in [2.45, 2.75) is 44.6 Å². The van der Waals surface area contributed by atoms with E-state index in [0.717, 1.165) is 35.3 Å². The standard InChI is InChI=1S/C28H24N2O4/c1-27(2)13-12-17-14-19(8-11-24(17)34-27)28(3)22-16-20(29-4)9-10-23(22)30(26(28)33)21-7-5-6-18(15-21)25(31)32/h5-11,14-16H,12-13H2,1-3H3,(H,31,32). The SMILES string of the molecule is [C-]#[N+]c1ccc2c(c1)C(C)(c1ccc3c(c1)CCC(C)(C)O3)C(=O)N2c1cccc(C(=O)O)c1. The van der Waals surface area contributed by atoms with E-state index in [0.29, 0.717) is 17.1 Å². The van der Waals surface area contributed by atoms with Crippen LogP contribution in [0.5, 0.6) is 5.75 Å². The Morgan fingerprint density at radius 1 is 1.09 bits per heavy atom. The van der Waals surface area contributed by atoms with Crippen LogP contribution in [0.1, 0.15) is 54.2 Å². The van der Waals surface area contributed by atoms with Gasteiger partial charge in [-0.05, 0) is 86.7 Å². The fraction of sp³-hybridized carbons (Fsp3) is 0.250. The highest BCUT2D eigenvalue weighted by molar-refractivity contribution is 6.15. The third kappa shape index (κ3) is 3.24. The van der Waals surface area contributed by atoms with Crippen molar-refractivity contribution in [3.63, 3.8) is 0 Å². The van der Waals surface area contributed by atoms with Gasteiger partial charge in [-0.15, -0.1) is 0 Å². The molecule has 1 amide bonds. The first kappa shape index (κ1) is 21.7. The van der Waals surface area contributed by atoms with Crippen LogP contribution in [0.15, 0.2) is 60.7 Å². The third-order valence-electron chi connectivity index (χ3n) is 6.89. The minimum Gasteiger partial charge on any atom is -0.488 e. The molecule has 0 bridgehead atoms. The first-order valence-corrected chi connectivity index (χ1v) is 11.2. The Balaban J connectivity index is 1.68. The molecule has 1 unspecified atom stereocenters. The molecule has 0 saturated carbocycles. The number of hydrogen-bond acceptors (Lipinski definition) is 3. The Labute approximate surface area is 198 Å². The van der Waals surface area contributed by atoms with Gasteiger partial charge in [-0.1, -0.05) is 24.3 Å². The van der Waals surface area contributed by atoms with Crippen LogP contribution in [0.3, 0.4) is 0 Å². The number of benzene rings is 3. The normalized spacial score (nSPS) is 20.2. The molecule has 34 heavy (non-hydrogen) atoms. The van der Waals surface area contributed by atoms with E-state index >= 15 is 0 Å². The number of rotatable bonds is 3. The smallest absolute Gasteiger partial charge is 0.335 e. The number of carbonyl (C=O) groups is 2. The van der Waals surface area contributed by atoms with Crippen molar-refractivity contribution >= 4 is 28.9 Å². The van der Waals surface area contributed by atoms with Crippen LogP contribution in [0.4, 0.5) is 17.1 Å². The number of ether oxygens (including phenoxy) is 1. The lowest BCUT2D eigenvalue weighted by Crippen LogP contribution is -2.37. The molecule has 6 nitrogen and oxygen atoms in total. The average Bonchev–Trinajstić information content (AvgIpc) is 3.05. The third-order valence-corrected chi connectivity index (χ3v) is 6.89. The largest absolute Gasteiger partial charge is 0.488 e. The van der Waals surface area contributed by atoms with Crippen molar-refractivity contribution < 1.29 is 19.4 Å². The molecule has 2 heterocycles. The molecule has 0 saturated heterocycles. The van der Waals surface area contributed by atoms with E-state index in [4.69, 9.17) is 11.3 Å². The number of carboxylic acids is 1. The monoisotopic (exact) mass is 452 g/mol. The molecule has 0 aromatic heterocycles. The van der Waals surface area contributed by atoms with Crippen LogP contribution >= 0.6 is 0 Å². The highest BCUT2D eigenvalue weighted by Crippen LogP contribution is 2.51. The van der Waals surface area contributed by atoms with Gasteiger partial charge < -0.3 is 9.84 Å². The van der Waals surface area contributed by atoms with E-state index < -0.39 is 11.4 Å². The maximum absolute atomic E-state index is 14.1. The number of carboxylic acid groups (broad SMARTS) is 1. The van der Waals surface area contributed by atoms with Crippen LogP contribution in [-0.2, 0) is 16.6 Å².